The number of fused-ring (bicyclic) bond motifs is 1. The topological polar surface area (TPSA) is 68.3 Å². The van der Waals surface area contributed by atoms with Crippen LogP contribution in [0, 0.1) is 12.3 Å². The lowest BCUT2D eigenvalue weighted by Crippen LogP contribution is -2.35. The van der Waals surface area contributed by atoms with Crippen molar-refractivity contribution in [1.82, 2.24) is 10.3 Å². The van der Waals surface area contributed by atoms with E-state index >= 15 is 0 Å². The first-order chi connectivity index (χ1) is 11.7. The number of carbonyl (C=O) groups excluding carboxylic acids is 2. The van der Waals surface area contributed by atoms with Crippen LogP contribution in [0.3, 0.4) is 0 Å². The van der Waals surface area contributed by atoms with Crippen LogP contribution in [0.25, 0.3) is 10.9 Å². The fourth-order valence-electron chi connectivity index (χ4n) is 2.55. The Morgan fingerprint density at radius 2 is 2.00 bits per heavy atom. The lowest BCUT2D eigenvalue weighted by Gasteiger charge is -2.24. The predicted molar refractivity (Wildman–Crippen MR) is 98.9 cm³/mol. The third-order valence-electron chi connectivity index (χ3n) is 3.80. The molecule has 0 aliphatic heterocycles. The molecule has 0 saturated heterocycles. The van der Waals surface area contributed by atoms with Crippen LogP contribution in [0.2, 0.25) is 5.02 Å². The number of aryl methyl sites for hydroxylation is 1. The molecule has 1 aromatic heterocycles. The summed E-state index contributed by atoms with van der Waals surface area (Å²) in [6.07, 6.45) is 0.231. The highest BCUT2D eigenvalue weighted by atomic mass is 35.5. The van der Waals surface area contributed by atoms with Crippen molar-refractivity contribution in [1.29, 1.82) is 0 Å². The first-order valence-corrected chi connectivity index (χ1v) is 8.60. The third-order valence-corrected chi connectivity index (χ3v) is 4.01. The summed E-state index contributed by atoms with van der Waals surface area (Å²) in [6, 6.07) is 7.17. The maximum atomic E-state index is 12.7. The SMILES string of the molecule is CCOC(=O)CC(C)(C)CNC(=O)c1cc(Cl)cc2ccc(C)nc12. The van der Waals surface area contributed by atoms with E-state index < -0.39 is 5.41 Å². The molecule has 0 atom stereocenters. The zero-order valence-electron chi connectivity index (χ0n) is 15.0. The van der Waals surface area contributed by atoms with Gasteiger partial charge in [-0.1, -0.05) is 31.5 Å². The van der Waals surface area contributed by atoms with Gasteiger partial charge in [0.05, 0.1) is 24.1 Å². The molecule has 5 nitrogen and oxygen atoms in total. The van der Waals surface area contributed by atoms with Crippen molar-refractivity contribution in [3.63, 3.8) is 0 Å². The van der Waals surface area contributed by atoms with E-state index in [1.807, 2.05) is 32.9 Å². The van der Waals surface area contributed by atoms with Crippen LogP contribution >= 0.6 is 11.6 Å². The Labute approximate surface area is 152 Å². The van der Waals surface area contributed by atoms with Crippen molar-refractivity contribution >= 4 is 34.4 Å². The van der Waals surface area contributed by atoms with Crippen molar-refractivity contribution in [2.75, 3.05) is 13.2 Å². The number of ether oxygens (including phenoxy) is 1. The number of hydrogen-bond donors (Lipinski definition) is 1. The molecule has 2 rings (SSSR count). The number of aromatic nitrogens is 1. The summed E-state index contributed by atoms with van der Waals surface area (Å²) in [5.74, 6) is -0.533. The number of rotatable bonds is 6. The number of pyridine rings is 1. The molecular weight excluding hydrogens is 340 g/mol. The molecule has 0 spiro atoms. The van der Waals surface area contributed by atoms with Gasteiger partial charge in [0.15, 0.2) is 0 Å². The van der Waals surface area contributed by atoms with E-state index in [0.717, 1.165) is 11.1 Å². The number of amides is 1. The molecule has 1 heterocycles. The first-order valence-electron chi connectivity index (χ1n) is 8.22. The van der Waals surface area contributed by atoms with Gasteiger partial charge in [-0.15, -0.1) is 0 Å². The second kappa shape index (κ2) is 7.83. The van der Waals surface area contributed by atoms with E-state index in [-0.39, 0.29) is 18.3 Å². The van der Waals surface area contributed by atoms with Gasteiger partial charge < -0.3 is 10.1 Å². The van der Waals surface area contributed by atoms with E-state index in [1.165, 1.54) is 0 Å². The van der Waals surface area contributed by atoms with E-state index in [2.05, 4.69) is 10.3 Å². The molecule has 25 heavy (non-hydrogen) atoms. The van der Waals surface area contributed by atoms with Crippen LogP contribution in [-0.4, -0.2) is 30.0 Å². The normalized spacial score (nSPS) is 11.4. The minimum Gasteiger partial charge on any atom is -0.466 e. The average Bonchev–Trinajstić information content (AvgIpc) is 2.52. The van der Waals surface area contributed by atoms with Crippen LogP contribution in [0.5, 0.6) is 0 Å². The Kier molecular flexibility index (Phi) is 6.01. The number of hydrogen-bond acceptors (Lipinski definition) is 4. The van der Waals surface area contributed by atoms with Crippen molar-refractivity contribution in [3.8, 4) is 0 Å². The van der Waals surface area contributed by atoms with Gasteiger partial charge in [0, 0.05) is 22.6 Å². The number of nitrogens with zero attached hydrogens (tertiary/aromatic N) is 1. The largest absolute Gasteiger partial charge is 0.466 e. The number of halogens is 1. The average molecular weight is 363 g/mol. The summed E-state index contributed by atoms with van der Waals surface area (Å²) in [6.45, 7) is 8.14. The molecule has 0 bridgehead atoms. The maximum Gasteiger partial charge on any atom is 0.306 e. The summed E-state index contributed by atoms with van der Waals surface area (Å²) in [5, 5.41) is 4.17. The molecule has 1 amide bonds. The maximum absolute atomic E-state index is 12.7. The number of esters is 1. The number of carbonyl (C=O) groups is 2. The molecule has 0 aliphatic rings. The van der Waals surface area contributed by atoms with E-state index in [0.29, 0.717) is 29.3 Å². The summed E-state index contributed by atoms with van der Waals surface area (Å²) >= 11 is 6.13. The molecule has 134 valence electrons. The Hall–Kier alpha value is -2.14. The Bertz CT molecular complexity index is 803. The lowest BCUT2D eigenvalue weighted by molar-refractivity contribution is -0.145. The molecule has 0 aliphatic carbocycles. The van der Waals surface area contributed by atoms with Gasteiger partial charge in [0.1, 0.15) is 0 Å². The fourth-order valence-corrected chi connectivity index (χ4v) is 2.78. The summed E-state index contributed by atoms with van der Waals surface area (Å²) in [4.78, 5) is 28.8. The molecule has 6 heteroatoms. The van der Waals surface area contributed by atoms with Crippen LogP contribution in [0.1, 0.15) is 43.2 Å². The first kappa shape index (κ1) is 19.2. The molecule has 0 radical (unpaired) electrons. The minimum atomic E-state index is -0.417. The summed E-state index contributed by atoms with van der Waals surface area (Å²) in [7, 11) is 0. The van der Waals surface area contributed by atoms with Gasteiger partial charge in [-0.2, -0.15) is 0 Å². The highest BCUT2D eigenvalue weighted by Crippen LogP contribution is 2.24. The molecular formula is C19H23ClN2O3. The molecule has 1 N–H and O–H groups in total. The number of nitrogens with one attached hydrogen (secondary N) is 1. The van der Waals surface area contributed by atoms with E-state index in [9.17, 15) is 9.59 Å². The van der Waals surface area contributed by atoms with E-state index in [4.69, 9.17) is 16.3 Å². The smallest absolute Gasteiger partial charge is 0.306 e. The molecule has 0 saturated carbocycles. The second-order valence-electron chi connectivity index (χ2n) is 6.81. The van der Waals surface area contributed by atoms with Gasteiger partial charge in [-0.05, 0) is 37.5 Å². The van der Waals surface area contributed by atoms with Gasteiger partial charge in [-0.25, -0.2) is 0 Å². The molecule has 0 fully saturated rings. The third kappa shape index (κ3) is 5.16. The van der Waals surface area contributed by atoms with Crippen LogP contribution in [0.15, 0.2) is 24.3 Å². The lowest BCUT2D eigenvalue weighted by atomic mass is 9.89. The minimum absolute atomic E-state index is 0.231. The highest BCUT2D eigenvalue weighted by Gasteiger charge is 2.24. The molecule has 2 aromatic rings. The summed E-state index contributed by atoms with van der Waals surface area (Å²) in [5.41, 5.74) is 1.45. The van der Waals surface area contributed by atoms with Crippen molar-refractivity contribution in [2.45, 2.75) is 34.1 Å². The van der Waals surface area contributed by atoms with Crippen LogP contribution in [-0.2, 0) is 9.53 Å². The highest BCUT2D eigenvalue weighted by molar-refractivity contribution is 6.32. The van der Waals surface area contributed by atoms with Gasteiger partial charge in [0.2, 0.25) is 0 Å². The Morgan fingerprint density at radius 1 is 1.28 bits per heavy atom. The number of benzene rings is 1. The zero-order chi connectivity index (χ0) is 18.6. The zero-order valence-corrected chi connectivity index (χ0v) is 15.7. The summed E-state index contributed by atoms with van der Waals surface area (Å²) < 4.78 is 4.98. The van der Waals surface area contributed by atoms with Crippen LogP contribution in [0.4, 0.5) is 0 Å². The Morgan fingerprint density at radius 3 is 2.68 bits per heavy atom. The predicted octanol–water partition coefficient (Wildman–Crippen LogP) is 3.91. The Balaban J connectivity index is 2.17. The monoisotopic (exact) mass is 362 g/mol. The second-order valence-corrected chi connectivity index (χ2v) is 7.24. The van der Waals surface area contributed by atoms with Gasteiger partial charge in [-0.3, -0.25) is 14.6 Å². The molecule has 0 unspecified atom stereocenters. The van der Waals surface area contributed by atoms with Crippen molar-refractivity contribution < 1.29 is 14.3 Å². The molecule has 1 aromatic carbocycles. The van der Waals surface area contributed by atoms with Crippen molar-refractivity contribution in [3.05, 3.63) is 40.5 Å². The fraction of sp³-hybridized carbons (Fsp3) is 0.421. The van der Waals surface area contributed by atoms with E-state index in [1.54, 1.807) is 19.1 Å². The standard InChI is InChI=1S/C19H23ClN2O3/c1-5-25-16(23)10-19(3,4)11-21-18(24)15-9-14(20)8-13-7-6-12(2)22-17(13)15/h6-9H,5,10-11H2,1-4H3,(H,21,24). The quantitative estimate of drug-likeness (QED) is 0.791. The van der Waals surface area contributed by atoms with Crippen LogP contribution < -0.4 is 5.32 Å². The van der Waals surface area contributed by atoms with Crippen molar-refractivity contribution in [2.24, 2.45) is 5.41 Å². The van der Waals surface area contributed by atoms with Gasteiger partial charge >= 0.3 is 5.97 Å². The van der Waals surface area contributed by atoms with Gasteiger partial charge in [0.25, 0.3) is 5.91 Å².